The number of methoxy groups -OCH3 is 1. The molecule has 2 aromatic heterocycles. The Balaban J connectivity index is 2.71. The van der Waals surface area contributed by atoms with Crippen LogP contribution in [0.5, 0.6) is 5.88 Å². The highest BCUT2D eigenvalue weighted by molar-refractivity contribution is 6.35. The van der Waals surface area contributed by atoms with Crippen LogP contribution >= 0.6 is 11.6 Å². The highest BCUT2D eigenvalue weighted by Gasteiger charge is 2.03. The largest absolute Gasteiger partial charge is 0.481 e. The van der Waals surface area contributed by atoms with Gasteiger partial charge in [0.15, 0.2) is 0 Å². The van der Waals surface area contributed by atoms with Gasteiger partial charge in [-0.25, -0.2) is 4.98 Å². The number of hydrogen-bond acceptors (Lipinski definition) is 2. The van der Waals surface area contributed by atoms with Crippen LogP contribution in [-0.2, 0) is 0 Å². The third-order valence-electron chi connectivity index (χ3n) is 1.66. The van der Waals surface area contributed by atoms with Gasteiger partial charge in [0.1, 0.15) is 5.52 Å². The van der Waals surface area contributed by atoms with Crippen molar-refractivity contribution in [3.63, 3.8) is 0 Å². The summed E-state index contributed by atoms with van der Waals surface area (Å²) in [7, 11) is 1.58. The number of pyridine rings is 1. The van der Waals surface area contributed by atoms with Crippen molar-refractivity contribution in [2.45, 2.75) is 0 Å². The van der Waals surface area contributed by atoms with Gasteiger partial charge in [-0.2, -0.15) is 0 Å². The first kappa shape index (κ1) is 7.43. The minimum absolute atomic E-state index is 0.573. The number of nitrogens with zero attached hydrogens (tertiary/aromatic N) is 1. The van der Waals surface area contributed by atoms with Crippen LogP contribution in [0.25, 0.3) is 11.0 Å². The first-order chi connectivity index (χ1) is 5.81. The van der Waals surface area contributed by atoms with Gasteiger partial charge < -0.3 is 9.72 Å². The second-order valence-electron chi connectivity index (χ2n) is 2.39. The molecule has 2 rings (SSSR count). The molecule has 0 amide bonds. The van der Waals surface area contributed by atoms with Crippen molar-refractivity contribution in [2.24, 2.45) is 0 Å². The zero-order valence-corrected chi connectivity index (χ0v) is 7.22. The zero-order chi connectivity index (χ0) is 8.55. The summed E-state index contributed by atoms with van der Waals surface area (Å²) in [4.78, 5) is 7.16. The molecule has 12 heavy (non-hydrogen) atoms. The lowest BCUT2D eigenvalue weighted by molar-refractivity contribution is 0.399. The number of H-pyrrole nitrogens is 1. The Labute approximate surface area is 74.3 Å². The Morgan fingerprint density at radius 1 is 1.50 bits per heavy atom. The molecule has 0 radical (unpaired) electrons. The molecule has 0 aromatic carbocycles. The predicted octanol–water partition coefficient (Wildman–Crippen LogP) is 2.22. The van der Waals surface area contributed by atoms with Crippen molar-refractivity contribution < 1.29 is 4.74 Å². The molecule has 0 bridgehead atoms. The smallest absolute Gasteiger partial charge is 0.213 e. The molecule has 0 unspecified atom stereocenters. The van der Waals surface area contributed by atoms with Gasteiger partial charge in [-0.3, -0.25) is 0 Å². The fourth-order valence-electron chi connectivity index (χ4n) is 1.06. The van der Waals surface area contributed by atoms with Crippen molar-refractivity contribution in [3.05, 3.63) is 23.4 Å². The Hall–Kier alpha value is -1.22. The molecule has 2 heterocycles. The van der Waals surface area contributed by atoms with E-state index in [0.29, 0.717) is 10.9 Å². The maximum absolute atomic E-state index is 5.85. The second-order valence-corrected chi connectivity index (χ2v) is 2.79. The van der Waals surface area contributed by atoms with E-state index in [2.05, 4.69) is 9.97 Å². The third-order valence-corrected chi connectivity index (χ3v) is 1.95. The normalized spacial score (nSPS) is 10.5. The van der Waals surface area contributed by atoms with Crippen LogP contribution in [0.4, 0.5) is 0 Å². The summed E-state index contributed by atoms with van der Waals surface area (Å²) < 4.78 is 4.96. The van der Waals surface area contributed by atoms with E-state index >= 15 is 0 Å². The van der Waals surface area contributed by atoms with Crippen molar-refractivity contribution in [1.29, 1.82) is 0 Å². The molecule has 0 aliphatic heterocycles. The van der Waals surface area contributed by atoms with E-state index < -0.39 is 0 Å². The van der Waals surface area contributed by atoms with Crippen LogP contribution in [0.1, 0.15) is 0 Å². The SMILES string of the molecule is COc1ccc2[nH]cc(Cl)c2n1. The van der Waals surface area contributed by atoms with E-state index in [-0.39, 0.29) is 0 Å². The molecule has 62 valence electrons. The van der Waals surface area contributed by atoms with Gasteiger partial charge in [0, 0.05) is 12.3 Å². The molecule has 0 aliphatic carbocycles. The van der Waals surface area contributed by atoms with Crippen LogP contribution in [0.15, 0.2) is 18.3 Å². The van der Waals surface area contributed by atoms with Crippen LogP contribution in [0.3, 0.4) is 0 Å². The lowest BCUT2D eigenvalue weighted by atomic mass is 10.4. The predicted molar refractivity (Wildman–Crippen MR) is 47.7 cm³/mol. The molecular formula is C8H7ClN2O. The van der Waals surface area contributed by atoms with Crippen molar-refractivity contribution in [2.75, 3.05) is 7.11 Å². The quantitative estimate of drug-likeness (QED) is 0.735. The Morgan fingerprint density at radius 2 is 2.33 bits per heavy atom. The summed E-state index contributed by atoms with van der Waals surface area (Å²) in [6, 6.07) is 3.67. The maximum atomic E-state index is 5.85. The van der Waals surface area contributed by atoms with E-state index in [1.165, 1.54) is 0 Å². The molecule has 1 N–H and O–H groups in total. The summed E-state index contributed by atoms with van der Waals surface area (Å²) in [5.41, 5.74) is 1.66. The van der Waals surface area contributed by atoms with Crippen LogP contribution in [-0.4, -0.2) is 17.1 Å². The summed E-state index contributed by atoms with van der Waals surface area (Å²) in [5.74, 6) is 0.573. The number of aromatic amines is 1. The van der Waals surface area contributed by atoms with Gasteiger partial charge in [0.05, 0.1) is 17.6 Å². The molecule has 2 aromatic rings. The van der Waals surface area contributed by atoms with Gasteiger partial charge >= 0.3 is 0 Å². The van der Waals surface area contributed by atoms with Gasteiger partial charge in [-0.1, -0.05) is 11.6 Å². The number of ether oxygens (including phenoxy) is 1. The van der Waals surface area contributed by atoms with Crippen LogP contribution in [0, 0.1) is 0 Å². The summed E-state index contributed by atoms with van der Waals surface area (Å²) in [5, 5.41) is 0.615. The molecule has 0 spiro atoms. The van der Waals surface area contributed by atoms with E-state index in [4.69, 9.17) is 16.3 Å². The Kier molecular flexibility index (Phi) is 1.66. The molecule has 0 saturated carbocycles. The number of halogens is 1. The monoisotopic (exact) mass is 182 g/mol. The standard InChI is InChI=1S/C8H7ClN2O/c1-12-7-3-2-6-8(11-7)5(9)4-10-6/h2-4,10H,1H3. The van der Waals surface area contributed by atoms with E-state index in [0.717, 1.165) is 11.0 Å². The minimum Gasteiger partial charge on any atom is -0.481 e. The van der Waals surface area contributed by atoms with Gasteiger partial charge in [0.25, 0.3) is 0 Å². The van der Waals surface area contributed by atoms with Crippen molar-refractivity contribution in [3.8, 4) is 5.88 Å². The summed E-state index contributed by atoms with van der Waals surface area (Å²) >= 11 is 5.85. The lowest BCUT2D eigenvalue weighted by Crippen LogP contribution is -1.86. The third kappa shape index (κ3) is 1.02. The molecule has 0 fully saturated rings. The molecule has 0 atom stereocenters. The molecule has 0 saturated heterocycles. The van der Waals surface area contributed by atoms with Gasteiger partial charge in [-0.05, 0) is 6.07 Å². The fraction of sp³-hybridized carbons (Fsp3) is 0.125. The number of hydrogen-bond donors (Lipinski definition) is 1. The molecule has 4 heteroatoms. The van der Waals surface area contributed by atoms with Crippen LogP contribution in [0.2, 0.25) is 5.02 Å². The molecule has 3 nitrogen and oxygen atoms in total. The highest BCUT2D eigenvalue weighted by atomic mass is 35.5. The van der Waals surface area contributed by atoms with Gasteiger partial charge in [-0.15, -0.1) is 0 Å². The minimum atomic E-state index is 0.573. The maximum Gasteiger partial charge on any atom is 0.213 e. The first-order valence-electron chi connectivity index (χ1n) is 3.49. The second kappa shape index (κ2) is 2.68. The first-order valence-corrected chi connectivity index (χ1v) is 3.86. The fourth-order valence-corrected chi connectivity index (χ4v) is 1.26. The van der Waals surface area contributed by atoms with E-state index in [1.807, 2.05) is 6.07 Å². The molecule has 0 aliphatic rings. The number of fused-ring (bicyclic) bond motifs is 1. The van der Waals surface area contributed by atoms with E-state index in [1.54, 1.807) is 19.4 Å². The number of rotatable bonds is 1. The number of aromatic nitrogens is 2. The van der Waals surface area contributed by atoms with Gasteiger partial charge in [0.2, 0.25) is 5.88 Å². The highest BCUT2D eigenvalue weighted by Crippen LogP contribution is 2.22. The molecular weight excluding hydrogens is 176 g/mol. The van der Waals surface area contributed by atoms with E-state index in [9.17, 15) is 0 Å². The lowest BCUT2D eigenvalue weighted by Gasteiger charge is -1.96. The topological polar surface area (TPSA) is 37.9 Å². The van der Waals surface area contributed by atoms with Crippen molar-refractivity contribution in [1.82, 2.24) is 9.97 Å². The number of nitrogens with one attached hydrogen (secondary N) is 1. The Bertz CT molecular complexity index is 410. The summed E-state index contributed by atoms with van der Waals surface area (Å²) in [6.07, 6.45) is 1.71. The van der Waals surface area contributed by atoms with Crippen molar-refractivity contribution >= 4 is 22.6 Å². The average Bonchev–Trinajstić information content (AvgIpc) is 2.47. The Morgan fingerprint density at radius 3 is 3.08 bits per heavy atom. The summed E-state index contributed by atoms with van der Waals surface area (Å²) in [6.45, 7) is 0. The zero-order valence-electron chi connectivity index (χ0n) is 6.47. The average molecular weight is 183 g/mol. The van der Waals surface area contributed by atoms with Crippen LogP contribution < -0.4 is 4.74 Å².